The first kappa shape index (κ1) is 26.1. The second-order valence-corrected chi connectivity index (χ2v) is 10.3. The van der Waals surface area contributed by atoms with Crippen LogP contribution in [0.15, 0.2) is 53.6 Å². The highest BCUT2D eigenvalue weighted by Crippen LogP contribution is 2.35. The van der Waals surface area contributed by atoms with Crippen molar-refractivity contribution >= 4 is 59.4 Å². The van der Waals surface area contributed by atoms with E-state index in [9.17, 15) is 22.0 Å². The predicted molar refractivity (Wildman–Crippen MR) is 134 cm³/mol. The highest BCUT2D eigenvalue weighted by atomic mass is 127. The highest BCUT2D eigenvalue weighted by molar-refractivity contribution is 14.1. The molecule has 1 unspecified atom stereocenters. The number of carbonyl (C=O) groups is 1. The first-order valence-corrected chi connectivity index (χ1v) is 12.5. The Hall–Kier alpha value is -2.51. The molecule has 9 nitrogen and oxygen atoms in total. The van der Waals surface area contributed by atoms with E-state index in [1.54, 1.807) is 42.9 Å². The molecule has 1 N–H and O–H groups in total. The van der Waals surface area contributed by atoms with Gasteiger partial charge in [-0.25, -0.2) is 11.5 Å². The van der Waals surface area contributed by atoms with Gasteiger partial charge in [-0.3, -0.25) is 14.2 Å². The maximum Gasteiger partial charge on any atom is 0.408 e. The standard InChI is InChI=1S/C20H20F2IN4O5PS/c1-12-4-5-13(10-16(12)32-20(21,22)33)25-34(29,30)18-7-6-14(11-17(18)31-3)27(23)19(28)15-8-9-24-26(15)2/h4-11,25H,33H2,1-3H3. The number of anilines is 2. The van der Waals surface area contributed by atoms with Crippen LogP contribution in [0.1, 0.15) is 16.1 Å². The Morgan fingerprint density at radius 1 is 1.21 bits per heavy atom. The van der Waals surface area contributed by atoms with Gasteiger partial charge in [-0.05, 0) is 46.0 Å². The van der Waals surface area contributed by atoms with Gasteiger partial charge < -0.3 is 9.47 Å². The predicted octanol–water partition coefficient (Wildman–Crippen LogP) is 4.34. The van der Waals surface area contributed by atoms with Gasteiger partial charge in [0.2, 0.25) is 0 Å². The lowest BCUT2D eigenvalue weighted by atomic mass is 10.2. The van der Waals surface area contributed by atoms with Gasteiger partial charge >= 0.3 is 5.85 Å². The van der Waals surface area contributed by atoms with Crippen LogP contribution in [0.3, 0.4) is 0 Å². The zero-order valence-corrected chi connectivity index (χ0v) is 22.2. The van der Waals surface area contributed by atoms with Crippen molar-refractivity contribution in [2.24, 2.45) is 7.05 Å². The molecule has 0 aliphatic carbocycles. The molecule has 0 spiro atoms. The first-order valence-electron chi connectivity index (χ1n) is 9.48. The number of alkyl halides is 2. The zero-order valence-electron chi connectivity index (χ0n) is 18.1. The zero-order chi connectivity index (χ0) is 25.3. The van der Waals surface area contributed by atoms with Crippen LogP contribution in [0, 0.1) is 6.92 Å². The number of aromatic nitrogens is 2. The second kappa shape index (κ2) is 10.0. The normalized spacial score (nSPS) is 11.7. The smallest absolute Gasteiger partial charge is 0.408 e. The van der Waals surface area contributed by atoms with Crippen molar-refractivity contribution in [3.05, 3.63) is 59.9 Å². The summed E-state index contributed by atoms with van der Waals surface area (Å²) in [5.74, 6) is -4.09. The summed E-state index contributed by atoms with van der Waals surface area (Å²) in [6.07, 6.45) is 1.49. The fourth-order valence-electron chi connectivity index (χ4n) is 2.93. The third kappa shape index (κ3) is 5.94. The van der Waals surface area contributed by atoms with Crippen LogP contribution in [-0.4, -0.2) is 37.1 Å². The van der Waals surface area contributed by atoms with Crippen LogP contribution in [0.25, 0.3) is 0 Å². The minimum atomic E-state index is -4.19. The van der Waals surface area contributed by atoms with Gasteiger partial charge in [0.25, 0.3) is 15.9 Å². The lowest BCUT2D eigenvalue weighted by molar-refractivity contribution is -0.0895. The van der Waals surface area contributed by atoms with Crippen molar-refractivity contribution in [3.63, 3.8) is 0 Å². The molecule has 182 valence electrons. The number of aryl methyl sites for hydroxylation is 2. The van der Waals surface area contributed by atoms with Crippen LogP contribution in [0.4, 0.5) is 20.2 Å². The summed E-state index contributed by atoms with van der Waals surface area (Å²) in [7, 11) is -0.0129. The molecule has 0 aliphatic rings. The molecular weight excluding hydrogens is 604 g/mol. The summed E-state index contributed by atoms with van der Waals surface area (Å²) in [6.45, 7) is 1.55. The molecule has 0 saturated heterocycles. The summed E-state index contributed by atoms with van der Waals surface area (Å²) in [5, 5.41) is 3.97. The third-order valence-corrected chi connectivity index (χ3v) is 7.10. The Kier molecular flexibility index (Phi) is 7.68. The Balaban J connectivity index is 1.90. The van der Waals surface area contributed by atoms with E-state index in [2.05, 4.69) is 14.6 Å². The molecule has 0 fully saturated rings. The van der Waals surface area contributed by atoms with Crippen molar-refractivity contribution in [2.45, 2.75) is 17.7 Å². The lowest BCUT2D eigenvalue weighted by Gasteiger charge is -2.18. The van der Waals surface area contributed by atoms with E-state index in [4.69, 9.17) is 4.74 Å². The second-order valence-electron chi connectivity index (χ2n) is 7.01. The SMILES string of the molecule is COc1cc(N(I)C(=O)c2ccnn2C)ccc1S(=O)(=O)Nc1ccc(C)c(OC(F)(F)P)c1. The molecule has 0 saturated carbocycles. The van der Waals surface area contributed by atoms with Gasteiger partial charge in [-0.2, -0.15) is 13.9 Å². The summed E-state index contributed by atoms with van der Waals surface area (Å²) in [4.78, 5) is 12.5. The number of rotatable bonds is 8. The van der Waals surface area contributed by atoms with Crippen LogP contribution in [0.5, 0.6) is 11.5 Å². The maximum absolute atomic E-state index is 13.2. The number of hydrogen-bond donors (Lipinski definition) is 1. The number of sulfonamides is 1. The number of nitrogens with one attached hydrogen (secondary N) is 1. The number of ether oxygens (including phenoxy) is 2. The minimum absolute atomic E-state index is 0.0166. The minimum Gasteiger partial charge on any atom is -0.495 e. The van der Waals surface area contributed by atoms with Crippen molar-refractivity contribution in [1.82, 2.24) is 9.78 Å². The Morgan fingerprint density at radius 2 is 1.91 bits per heavy atom. The highest BCUT2D eigenvalue weighted by Gasteiger charge is 2.26. The van der Waals surface area contributed by atoms with Gasteiger partial charge in [0.1, 0.15) is 22.1 Å². The number of halogens is 3. The van der Waals surface area contributed by atoms with Gasteiger partial charge in [-0.15, -0.1) is 0 Å². The van der Waals surface area contributed by atoms with E-state index in [1.807, 2.05) is 0 Å². The largest absolute Gasteiger partial charge is 0.495 e. The molecule has 0 aliphatic heterocycles. The van der Waals surface area contributed by atoms with Gasteiger partial charge in [0, 0.05) is 25.4 Å². The number of amides is 1. The molecule has 3 aromatic rings. The first-order chi connectivity index (χ1) is 15.8. The van der Waals surface area contributed by atoms with E-state index >= 15 is 0 Å². The molecule has 0 radical (unpaired) electrons. The van der Waals surface area contributed by atoms with E-state index < -0.39 is 15.9 Å². The quantitative estimate of drug-likeness (QED) is 0.228. The number of nitrogens with zero attached hydrogens (tertiary/aromatic N) is 3. The molecule has 3 rings (SSSR count). The van der Waals surface area contributed by atoms with Gasteiger partial charge in [0.05, 0.1) is 41.3 Å². The number of benzene rings is 2. The van der Waals surface area contributed by atoms with Crippen LogP contribution in [-0.2, 0) is 17.1 Å². The van der Waals surface area contributed by atoms with Crippen LogP contribution in [0.2, 0.25) is 0 Å². The number of carbonyl (C=O) groups excluding carboxylic acids is 1. The Bertz CT molecular complexity index is 1330. The molecule has 34 heavy (non-hydrogen) atoms. The molecule has 1 atom stereocenters. The van der Waals surface area contributed by atoms with Gasteiger partial charge in [0.15, 0.2) is 0 Å². The van der Waals surface area contributed by atoms with Crippen LogP contribution >= 0.6 is 32.1 Å². The van der Waals surface area contributed by atoms with E-state index in [1.165, 1.54) is 60.7 Å². The monoisotopic (exact) mass is 624 g/mol. The molecular formula is C20H20F2IN4O5PS. The number of methoxy groups -OCH3 is 1. The third-order valence-electron chi connectivity index (χ3n) is 4.57. The van der Waals surface area contributed by atoms with E-state index in [0.29, 0.717) is 16.9 Å². The molecule has 2 aromatic carbocycles. The molecule has 1 heterocycles. The Labute approximate surface area is 211 Å². The summed E-state index contributed by atoms with van der Waals surface area (Å²) in [6, 6.07) is 9.69. The summed E-state index contributed by atoms with van der Waals surface area (Å²) >= 11 is 1.80. The summed E-state index contributed by atoms with van der Waals surface area (Å²) in [5.41, 5.74) is 1.12. The lowest BCUT2D eigenvalue weighted by Crippen LogP contribution is -2.23. The average molecular weight is 624 g/mol. The van der Waals surface area contributed by atoms with Crippen LogP contribution < -0.4 is 17.3 Å². The van der Waals surface area contributed by atoms with Gasteiger partial charge in [-0.1, -0.05) is 6.07 Å². The summed E-state index contributed by atoms with van der Waals surface area (Å²) < 4.78 is 67.4. The van der Waals surface area contributed by atoms with Crippen molar-refractivity contribution in [1.29, 1.82) is 0 Å². The fourth-order valence-corrected chi connectivity index (χ4v) is 4.81. The topological polar surface area (TPSA) is 103 Å². The molecule has 1 aromatic heterocycles. The maximum atomic E-state index is 13.2. The van der Waals surface area contributed by atoms with E-state index in [0.717, 1.165) is 6.07 Å². The van der Waals surface area contributed by atoms with Crippen molar-refractivity contribution in [2.75, 3.05) is 14.9 Å². The average Bonchev–Trinajstić information content (AvgIpc) is 3.19. The molecule has 14 heteroatoms. The van der Waals surface area contributed by atoms with E-state index in [-0.39, 0.29) is 28.0 Å². The number of hydrogen-bond acceptors (Lipinski definition) is 6. The van der Waals surface area contributed by atoms with Crippen molar-refractivity contribution < 1.29 is 31.5 Å². The molecule has 1 amide bonds. The molecule has 0 bridgehead atoms. The fraction of sp³-hybridized carbons (Fsp3) is 0.200. The van der Waals surface area contributed by atoms with Crippen molar-refractivity contribution in [3.8, 4) is 11.5 Å². The Morgan fingerprint density at radius 3 is 2.50 bits per heavy atom.